The van der Waals surface area contributed by atoms with Crippen LogP contribution in [-0.4, -0.2) is 23.2 Å². The van der Waals surface area contributed by atoms with Crippen LogP contribution in [-0.2, 0) is 16.1 Å². The Morgan fingerprint density at radius 1 is 1.18 bits per heavy atom. The van der Waals surface area contributed by atoms with Crippen LogP contribution in [0, 0.1) is 17.8 Å². The van der Waals surface area contributed by atoms with E-state index in [9.17, 15) is 9.59 Å². The number of nitrogens with one attached hydrogen (secondary N) is 1. The van der Waals surface area contributed by atoms with Crippen LogP contribution in [0.2, 0.25) is 0 Å². The van der Waals surface area contributed by atoms with Crippen molar-refractivity contribution in [1.82, 2.24) is 5.32 Å². The third-order valence-corrected chi connectivity index (χ3v) is 4.76. The zero-order valence-corrected chi connectivity index (χ0v) is 12.4. The second-order valence-electron chi connectivity index (χ2n) is 6.40. The molecule has 118 valence electrons. The van der Waals surface area contributed by atoms with E-state index < -0.39 is 12.1 Å². The summed E-state index contributed by atoms with van der Waals surface area (Å²) in [5.74, 6) is 0.893. The van der Waals surface area contributed by atoms with Gasteiger partial charge in [0, 0.05) is 6.04 Å². The van der Waals surface area contributed by atoms with E-state index in [0.717, 1.165) is 30.2 Å². The van der Waals surface area contributed by atoms with Crippen LogP contribution in [0.25, 0.3) is 0 Å². The van der Waals surface area contributed by atoms with E-state index in [1.54, 1.807) is 0 Å². The molecule has 1 amide bonds. The van der Waals surface area contributed by atoms with Gasteiger partial charge < -0.3 is 15.2 Å². The van der Waals surface area contributed by atoms with Crippen molar-refractivity contribution in [3.63, 3.8) is 0 Å². The number of carboxylic acids is 1. The lowest BCUT2D eigenvalue weighted by Gasteiger charge is -2.24. The van der Waals surface area contributed by atoms with Crippen LogP contribution < -0.4 is 5.32 Å². The fraction of sp³-hybridized carbons (Fsp3) is 0.529. The van der Waals surface area contributed by atoms with Crippen molar-refractivity contribution in [2.24, 2.45) is 17.8 Å². The fourth-order valence-corrected chi connectivity index (χ4v) is 3.53. The van der Waals surface area contributed by atoms with E-state index in [1.807, 2.05) is 30.3 Å². The smallest absolute Gasteiger partial charge is 0.407 e. The summed E-state index contributed by atoms with van der Waals surface area (Å²) in [6.07, 6.45) is 2.76. The molecule has 0 aliphatic heterocycles. The lowest BCUT2D eigenvalue weighted by atomic mass is 9.92. The Balaban J connectivity index is 1.50. The van der Waals surface area contributed by atoms with E-state index in [2.05, 4.69) is 5.32 Å². The van der Waals surface area contributed by atoms with E-state index in [4.69, 9.17) is 9.84 Å². The molecule has 0 saturated heterocycles. The highest BCUT2D eigenvalue weighted by Gasteiger charge is 2.48. The third-order valence-electron chi connectivity index (χ3n) is 4.76. The molecule has 0 radical (unpaired) electrons. The van der Waals surface area contributed by atoms with Crippen LogP contribution in [0.5, 0.6) is 0 Å². The highest BCUT2D eigenvalue weighted by molar-refractivity contribution is 5.71. The number of hydrogen-bond donors (Lipinski definition) is 2. The van der Waals surface area contributed by atoms with Gasteiger partial charge in [-0.2, -0.15) is 0 Å². The van der Waals surface area contributed by atoms with Gasteiger partial charge in [0.2, 0.25) is 0 Å². The summed E-state index contributed by atoms with van der Waals surface area (Å²) in [6, 6.07) is 9.11. The van der Waals surface area contributed by atoms with Crippen molar-refractivity contribution in [3.05, 3.63) is 35.9 Å². The van der Waals surface area contributed by atoms with Gasteiger partial charge in [0.15, 0.2) is 0 Å². The van der Waals surface area contributed by atoms with Crippen molar-refractivity contribution >= 4 is 12.1 Å². The predicted molar refractivity (Wildman–Crippen MR) is 80.1 cm³/mol. The second kappa shape index (κ2) is 6.38. The van der Waals surface area contributed by atoms with Crippen molar-refractivity contribution in [3.8, 4) is 0 Å². The first-order valence-electron chi connectivity index (χ1n) is 7.81. The van der Waals surface area contributed by atoms with Crippen LogP contribution in [0.4, 0.5) is 4.79 Å². The molecule has 2 unspecified atom stereocenters. The topological polar surface area (TPSA) is 75.6 Å². The molecule has 2 saturated carbocycles. The predicted octanol–water partition coefficient (Wildman–Crippen LogP) is 2.80. The standard InChI is InChI=1S/C17H21NO4/c19-16(20)9-15(14-7-12-6-13(12)8-14)18-17(21)22-10-11-4-2-1-3-5-11/h1-5,12-15H,6-10H2,(H,18,21)(H,19,20)/t12?,13?,14?,15-/m1/s1. The van der Waals surface area contributed by atoms with Crippen LogP contribution in [0.3, 0.4) is 0 Å². The summed E-state index contributed by atoms with van der Waals surface area (Å²) in [7, 11) is 0. The second-order valence-corrected chi connectivity index (χ2v) is 6.40. The zero-order valence-electron chi connectivity index (χ0n) is 12.4. The van der Waals surface area contributed by atoms with Crippen molar-refractivity contribution in [2.75, 3.05) is 0 Å². The number of carbonyl (C=O) groups is 2. The number of fused-ring (bicyclic) bond motifs is 1. The lowest BCUT2D eigenvalue weighted by Crippen LogP contribution is -2.41. The minimum atomic E-state index is -0.881. The molecule has 5 heteroatoms. The number of carbonyl (C=O) groups excluding carboxylic acids is 1. The molecule has 0 heterocycles. The number of aliphatic carboxylic acids is 1. The van der Waals surface area contributed by atoms with Crippen LogP contribution >= 0.6 is 0 Å². The maximum Gasteiger partial charge on any atom is 0.407 e. The molecular weight excluding hydrogens is 282 g/mol. The SMILES string of the molecule is O=C(O)C[C@@H](NC(=O)OCc1ccccc1)C1CC2CC2C1. The minimum Gasteiger partial charge on any atom is -0.481 e. The molecule has 2 aliphatic carbocycles. The highest BCUT2D eigenvalue weighted by atomic mass is 16.5. The van der Waals surface area contributed by atoms with E-state index >= 15 is 0 Å². The van der Waals surface area contributed by atoms with Crippen LogP contribution in [0.1, 0.15) is 31.2 Å². The molecule has 2 N–H and O–H groups in total. The maximum atomic E-state index is 11.9. The number of carboxylic acid groups (broad SMARTS) is 1. The fourth-order valence-electron chi connectivity index (χ4n) is 3.53. The first-order chi connectivity index (χ1) is 10.6. The Labute approximate surface area is 129 Å². The summed E-state index contributed by atoms with van der Waals surface area (Å²) in [4.78, 5) is 23.0. The number of ether oxygens (including phenoxy) is 1. The Morgan fingerprint density at radius 2 is 1.86 bits per heavy atom. The average molecular weight is 303 g/mol. The first kappa shape index (κ1) is 14.9. The molecule has 22 heavy (non-hydrogen) atoms. The Morgan fingerprint density at radius 3 is 2.50 bits per heavy atom. The largest absolute Gasteiger partial charge is 0.481 e. The van der Waals surface area contributed by atoms with E-state index in [0.29, 0.717) is 0 Å². The van der Waals surface area contributed by atoms with E-state index in [-0.39, 0.29) is 25.0 Å². The molecule has 1 aromatic carbocycles. The lowest BCUT2D eigenvalue weighted by molar-refractivity contribution is -0.137. The average Bonchev–Trinajstić information content (AvgIpc) is 3.11. The zero-order chi connectivity index (χ0) is 15.5. The summed E-state index contributed by atoms with van der Waals surface area (Å²) in [5.41, 5.74) is 0.912. The van der Waals surface area contributed by atoms with Crippen molar-refractivity contribution in [1.29, 1.82) is 0 Å². The Bertz CT molecular complexity index is 535. The van der Waals surface area contributed by atoms with Crippen LogP contribution in [0.15, 0.2) is 30.3 Å². The van der Waals surface area contributed by atoms with Gasteiger partial charge in [-0.25, -0.2) is 4.79 Å². The quantitative estimate of drug-likeness (QED) is 0.847. The van der Waals surface area contributed by atoms with Crippen molar-refractivity contribution in [2.45, 2.75) is 38.3 Å². The molecular formula is C17H21NO4. The van der Waals surface area contributed by atoms with Gasteiger partial charge >= 0.3 is 12.1 Å². The number of alkyl carbamates (subject to hydrolysis) is 1. The van der Waals surface area contributed by atoms with Gasteiger partial charge in [-0.05, 0) is 42.6 Å². The Hall–Kier alpha value is -2.04. The Kier molecular flexibility index (Phi) is 4.32. The normalized spacial score (nSPS) is 26.8. The summed E-state index contributed by atoms with van der Waals surface area (Å²) >= 11 is 0. The highest BCUT2D eigenvalue weighted by Crippen LogP contribution is 2.55. The molecule has 1 aromatic rings. The van der Waals surface area contributed by atoms with Gasteiger partial charge in [0.1, 0.15) is 6.61 Å². The van der Waals surface area contributed by atoms with Gasteiger partial charge in [-0.3, -0.25) is 4.79 Å². The number of hydrogen-bond acceptors (Lipinski definition) is 3. The number of benzene rings is 1. The molecule has 0 aromatic heterocycles. The summed E-state index contributed by atoms with van der Waals surface area (Å²) in [5, 5.41) is 11.8. The van der Waals surface area contributed by atoms with E-state index in [1.165, 1.54) is 6.42 Å². The first-order valence-corrected chi connectivity index (χ1v) is 7.81. The minimum absolute atomic E-state index is 0.0372. The molecule has 3 atom stereocenters. The van der Waals surface area contributed by atoms with Gasteiger partial charge in [-0.15, -0.1) is 0 Å². The molecule has 5 nitrogen and oxygen atoms in total. The summed E-state index contributed by atoms with van der Waals surface area (Å²) < 4.78 is 5.19. The molecule has 3 rings (SSSR count). The molecule has 2 aliphatic rings. The van der Waals surface area contributed by atoms with Gasteiger partial charge in [0.05, 0.1) is 6.42 Å². The number of rotatable bonds is 6. The van der Waals surface area contributed by atoms with Gasteiger partial charge in [-0.1, -0.05) is 30.3 Å². The monoisotopic (exact) mass is 303 g/mol. The molecule has 2 fully saturated rings. The molecule has 0 bridgehead atoms. The third kappa shape index (κ3) is 3.78. The molecule has 0 spiro atoms. The maximum absolute atomic E-state index is 11.9. The van der Waals surface area contributed by atoms with Crippen molar-refractivity contribution < 1.29 is 19.4 Å². The number of amides is 1. The summed E-state index contributed by atoms with van der Waals surface area (Å²) in [6.45, 7) is 0.197. The van der Waals surface area contributed by atoms with Gasteiger partial charge in [0.25, 0.3) is 0 Å².